The van der Waals surface area contributed by atoms with Gasteiger partial charge in [-0.25, -0.2) is 0 Å². The second-order valence-corrected chi connectivity index (χ2v) is 25.0. The molecule has 0 aliphatic heterocycles. The van der Waals surface area contributed by atoms with Gasteiger partial charge in [0.05, 0.1) is 33.8 Å². The van der Waals surface area contributed by atoms with Gasteiger partial charge in [0.15, 0.2) is 0 Å². The molecule has 1 amide bonds. The molecular formula is C72H127N2O7P. The van der Waals surface area contributed by atoms with E-state index in [1.165, 1.54) is 128 Å². The van der Waals surface area contributed by atoms with Gasteiger partial charge in [0, 0.05) is 12.8 Å². The monoisotopic (exact) mass is 1160 g/mol. The lowest BCUT2D eigenvalue weighted by Crippen LogP contribution is -2.47. The zero-order valence-corrected chi connectivity index (χ0v) is 54.8. The molecular weight excluding hydrogens is 1040 g/mol. The molecule has 0 aromatic carbocycles. The number of ether oxygens (including phenoxy) is 1. The predicted octanol–water partition coefficient (Wildman–Crippen LogP) is 20.7. The second kappa shape index (κ2) is 60.8. The van der Waals surface area contributed by atoms with Crippen LogP contribution in [0.3, 0.4) is 0 Å². The maximum atomic E-state index is 13.5. The van der Waals surface area contributed by atoms with E-state index in [1.54, 1.807) is 0 Å². The highest BCUT2D eigenvalue weighted by Crippen LogP contribution is 2.38. The van der Waals surface area contributed by atoms with Gasteiger partial charge in [-0.05, 0) is 109 Å². The number of phosphoric acid groups is 1. The Morgan fingerprint density at radius 2 is 0.817 bits per heavy atom. The Hall–Kier alpha value is -3.33. The molecule has 0 aliphatic carbocycles. The Kier molecular flexibility index (Phi) is 58.3. The van der Waals surface area contributed by atoms with Crippen LogP contribution < -0.4 is 10.2 Å². The minimum absolute atomic E-state index is 0.0334. The highest BCUT2D eigenvalue weighted by atomic mass is 31.2. The second-order valence-electron chi connectivity index (χ2n) is 23.6. The van der Waals surface area contributed by atoms with E-state index in [4.69, 9.17) is 13.8 Å². The van der Waals surface area contributed by atoms with Crippen molar-refractivity contribution in [3.8, 4) is 0 Å². The van der Waals surface area contributed by atoms with Crippen molar-refractivity contribution in [2.45, 2.75) is 296 Å². The molecule has 9 nitrogen and oxygen atoms in total. The predicted molar refractivity (Wildman–Crippen MR) is 353 cm³/mol. The molecule has 0 aromatic rings. The molecule has 10 heteroatoms. The first-order valence-electron chi connectivity index (χ1n) is 33.7. The van der Waals surface area contributed by atoms with Crippen molar-refractivity contribution in [1.29, 1.82) is 0 Å². The molecule has 0 spiro atoms. The van der Waals surface area contributed by atoms with Crippen LogP contribution in [0.5, 0.6) is 0 Å². The summed E-state index contributed by atoms with van der Waals surface area (Å²) in [4.78, 5) is 40.1. The van der Waals surface area contributed by atoms with Crippen LogP contribution >= 0.6 is 7.82 Å². The zero-order chi connectivity index (χ0) is 60.0. The van der Waals surface area contributed by atoms with Crippen LogP contribution in [0.1, 0.15) is 284 Å². The largest absolute Gasteiger partial charge is 0.756 e. The lowest BCUT2D eigenvalue weighted by Gasteiger charge is -2.30. The summed E-state index contributed by atoms with van der Waals surface area (Å²) < 4.78 is 30.4. The number of phosphoric ester groups is 1. The Labute approximate surface area is 506 Å². The van der Waals surface area contributed by atoms with Gasteiger partial charge in [-0.15, -0.1) is 0 Å². The smallest absolute Gasteiger partial charge is 0.306 e. The van der Waals surface area contributed by atoms with E-state index in [1.807, 2.05) is 33.3 Å². The summed E-state index contributed by atoms with van der Waals surface area (Å²) in [6.45, 7) is 6.70. The van der Waals surface area contributed by atoms with Crippen LogP contribution in [0.2, 0.25) is 0 Å². The Bertz CT molecular complexity index is 1770. The van der Waals surface area contributed by atoms with Crippen molar-refractivity contribution in [1.82, 2.24) is 5.32 Å². The number of carbonyl (C=O) groups excluding carboxylic acids is 2. The number of rotatable bonds is 60. The molecule has 0 fully saturated rings. The zero-order valence-electron chi connectivity index (χ0n) is 53.9. The molecule has 3 unspecified atom stereocenters. The first kappa shape index (κ1) is 78.7. The maximum Gasteiger partial charge on any atom is 0.306 e. The highest BCUT2D eigenvalue weighted by Gasteiger charge is 2.27. The summed E-state index contributed by atoms with van der Waals surface area (Å²) in [5.41, 5.74) is 0. The first-order valence-corrected chi connectivity index (χ1v) is 35.2. The number of nitrogens with zero attached hydrogens (tertiary/aromatic N) is 1. The molecule has 0 aliphatic rings. The number of carbonyl (C=O) groups is 2. The molecule has 82 heavy (non-hydrogen) atoms. The van der Waals surface area contributed by atoms with Crippen molar-refractivity contribution >= 4 is 19.7 Å². The normalized spacial score (nSPS) is 14.3. The molecule has 0 radical (unpaired) electrons. The van der Waals surface area contributed by atoms with Gasteiger partial charge in [0.25, 0.3) is 7.82 Å². The van der Waals surface area contributed by atoms with E-state index in [0.29, 0.717) is 23.9 Å². The fourth-order valence-corrected chi connectivity index (χ4v) is 10.0. The maximum absolute atomic E-state index is 13.5. The van der Waals surface area contributed by atoms with E-state index < -0.39 is 26.6 Å². The van der Waals surface area contributed by atoms with Crippen LogP contribution in [-0.2, 0) is 27.9 Å². The molecule has 1 N–H and O–H groups in total. The topological polar surface area (TPSA) is 114 Å². The van der Waals surface area contributed by atoms with E-state index in [0.717, 1.165) is 109 Å². The van der Waals surface area contributed by atoms with Gasteiger partial charge < -0.3 is 28.5 Å². The van der Waals surface area contributed by atoms with E-state index >= 15 is 0 Å². The fourth-order valence-electron chi connectivity index (χ4n) is 9.28. The Balaban J connectivity index is 5.19. The number of esters is 1. The van der Waals surface area contributed by atoms with E-state index in [-0.39, 0.29) is 31.3 Å². The van der Waals surface area contributed by atoms with Gasteiger partial charge in [-0.2, -0.15) is 0 Å². The molecule has 472 valence electrons. The quantitative estimate of drug-likeness (QED) is 0.0161. The Morgan fingerprint density at radius 3 is 1.26 bits per heavy atom. The van der Waals surface area contributed by atoms with Crippen molar-refractivity contribution in [3.63, 3.8) is 0 Å². The van der Waals surface area contributed by atoms with Crippen LogP contribution in [0.25, 0.3) is 0 Å². The van der Waals surface area contributed by atoms with Crippen LogP contribution in [0, 0.1) is 0 Å². The average molecular weight is 1160 g/mol. The fraction of sp³-hybridized carbons (Fsp3) is 0.722. The van der Waals surface area contributed by atoms with Crippen molar-refractivity contribution < 1.29 is 37.3 Å². The van der Waals surface area contributed by atoms with Crippen molar-refractivity contribution in [3.05, 3.63) is 109 Å². The number of quaternary nitrogens is 1. The van der Waals surface area contributed by atoms with Gasteiger partial charge in [0.2, 0.25) is 5.91 Å². The van der Waals surface area contributed by atoms with Crippen LogP contribution in [-0.4, -0.2) is 69.4 Å². The summed E-state index contributed by atoms with van der Waals surface area (Å²) in [5, 5.41) is 3.02. The van der Waals surface area contributed by atoms with Gasteiger partial charge in [0.1, 0.15) is 19.3 Å². The Morgan fingerprint density at radius 1 is 0.451 bits per heavy atom. The molecule has 0 aromatic heterocycles. The number of nitrogens with one attached hydrogen (secondary N) is 1. The third-order valence-electron chi connectivity index (χ3n) is 14.5. The first-order chi connectivity index (χ1) is 39.9. The molecule has 0 heterocycles. The molecule has 0 bridgehead atoms. The number of hydrogen-bond acceptors (Lipinski definition) is 7. The SMILES string of the molecule is CC/C=C\C/C=C\C/C=C\C/C=C\C/C=C\C/C=C\CCCCCCCCCCC(=O)OC(/C=C\CCCCCCCCCCCCC)C(COP(=O)([O-])OCC[N+](C)(C)C)NC(=O)CCCCC/C=C/C=C/CCCCCCCCC. The summed E-state index contributed by atoms with van der Waals surface area (Å²) in [6, 6.07) is -0.913. The summed E-state index contributed by atoms with van der Waals surface area (Å²) in [6.07, 6.45) is 83.5. The summed E-state index contributed by atoms with van der Waals surface area (Å²) in [7, 11) is 1.15. The number of unbranched alkanes of at least 4 members (excludes halogenated alkanes) is 29. The van der Waals surface area contributed by atoms with E-state index in [9.17, 15) is 19.0 Å². The van der Waals surface area contributed by atoms with Crippen molar-refractivity contribution in [2.75, 3.05) is 40.9 Å². The minimum Gasteiger partial charge on any atom is -0.756 e. The molecule has 0 rings (SSSR count). The summed E-state index contributed by atoms with van der Waals surface area (Å²) in [5.74, 6) is -0.583. The standard InChI is InChI=1S/C72H127N2O7P/c1-7-10-13-16-19-22-25-28-30-32-33-34-35-36-37-38-39-40-41-42-44-47-50-53-56-59-62-65-72(76)81-70(63-60-57-54-51-48-45-27-24-21-18-15-12-9-3)69(68-80-82(77,78)79-67-66-74(4,5)6)73-71(75)64-61-58-55-52-49-46-43-31-29-26-23-20-17-14-11-8-2/h10,13,19,22,28,30-31,33-34,36-37,39-40,43,46,49,60,63,69-70H,7-9,11-12,14-18,20-21,23-27,29,32,35,38,41-42,44-45,47-48,50-59,61-62,64-68H2,1-6H3,(H-,73,75,77,78)/b13-10-,22-19-,30-28-,34-33-,37-36-,40-39-,43-31+,49-46+,63-60-. The van der Waals surface area contributed by atoms with Gasteiger partial charge >= 0.3 is 5.97 Å². The van der Waals surface area contributed by atoms with E-state index in [2.05, 4.69) is 123 Å². The van der Waals surface area contributed by atoms with Gasteiger partial charge in [-0.3, -0.25) is 14.2 Å². The molecule has 0 saturated heterocycles. The third-order valence-corrected chi connectivity index (χ3v) is 15.4. The van der Waals surface area contributed by atoms with Crippen molar-refractivity contribution in [2.24, 2.45) is 0 Å². The van der Waals surface area contributed by atoms with Gasteiger partial charge in [-0.1, -0.05) is 272 Å². The lowest BCUT2D eigenvalue weighted by atomic mass is 10.0. The number of allylic oxidation sites excluding steroid dienone is 17. The third kappa shape index (κ3) is 61.2. The highest BCUT2D eigenvalue weighted by molar-refractivity contribution is 7.45. The van der Waals surface area contributed by atoms with Crippen LogP contribution in [0.4, 0.5) is 0 Å². The molecule has 3 atom stereocenters. The number of amides is 1. The number of hydrogen-bond donors (Lipinski definition) is 1. The summed E-state index contributed by atoms with van der Waals surface area (Å²) >= 11 is 0. The molecule has 0 saturated carbocycles. The van der Waals surface area contributed by atoms with Crippen LogP contribution in [0.15, 0.2) is 109 Å². The minimum atomic E-state index is -4.72. The lowest BCUT2D eigenvalue weighted by molar-refractivity contribution is -0.870. The number of likely N-dealkylation sites (N-methyl/N-ethyl adjacent to an activating group) is 1. The average Bonchev–Trinajstić information content (AvgIpc) is 3.45.